The van der Waals surface area contributed by atoms with Crippen LogP contribution in [-0.4, -0.2) is 48.7 Å². The second kappa shape index (κ2) is 7.38. The van der Waals surface area contributed by atoms with Crippen molar-refractivity contribution in [2.45, 2.75) is 19.8 Å². The molecule has 1 saturated heterocycles. The number of rotatable bonds is 5. The largest absolute Gasteiger partial charge is 0.456 e. The molecule has 2 N–H and O–H groups in total. The number of aliphatic hydroxyl groups is 1. The lowest BCUT2D eigenvalue weighted by Crippen LogP contribution is -2.41. The minimum Gasteiger partial charge on any atom is -0.456 e. The van der Waals surface area contributed by atoms with E-state index in [1.165, 1.54) is 12.1 Å². The van der Waals surface area contributed by atoms with E-state index in [4.69, 9.17) is 4.42 Å². The summed E-state index contributed by atoms with van der Waals surface area (Å²) in [6, 6.07) is 2.55. The van der Waals surface area contributed by atoms with E-state index in [0.717, 1.165) is 32.5 Å². The Morgan fingerprint density at radius 3 is 3.05 bits per heavy atom. The Balaban J connectivity index is 1.80. The minimum atomic E-state index is -0.369. The normalized spacial score (nSPS) is 19.4. The molecule has 116 valence electrons. The summed E-state index contributed by atoms with van der Waals surface area (Å²) in [5, 5.41) is 11.9. The van der Waals surface area contributed by atoms with Crippen LogP contribution in [0.2, 0.25) is 0 Å². The Kier molecular flexibility index (Phi) is 5.52. The van der Waals surface area contributed by atoms with Gasteiger partial charge in [0.2, 0.25) is 0 Å². The lowest BCUT2D eigenvalue weighted by Gasteiger charge is -2.31. The van der Waals surface area contributed by atoms with Crippen LogP contribution in [0.1, 0.15) is 29.2 Å². The van der Waals surface area contributed by atoms with Gasteiger partial charge in [-0.15, -0.1) is 0 Å². The zero-order valence-corrected chi connectivity index (χ0v) is 12.3. The average Bonchev–Trinajstić information content (AvgIpc) is 2.46. The van der Waals surface area contributed by atoms with Gasteiger partial charge in [-0.25, -0.2) is 0 Å². The maximum atomic E-state index is 11.9. The quantitative estimate of drug-likeness (QED) is 0.820. The molecule has 6 nitrogen and oxygen atoms in total. The van der Waals surface area contributed by atoms with Gasteiger partial charge in [0.05, 0.1) is 0 Å². The third kappa shape index (κ3) is 4.68. The monoisotopic (exact) mass is 294 g/mol. The second-order valence-corrected chi connectivity index (χ2v) is 5.52. The first kappa shape index (κ1) is 15.7. The van der Waals surface area contributed by atoms with Gasteiger partial charge < -0.3 is 19.7 Å². The molecule has 0 spiro atoms. The number of likely N-dealkylation sites (tertiary alicyclic amines) is 1. The highest BCUT2D eigenvalue weighted by molar-refractivity contribution is 5.91. The van der Waals surface area contributed by atoms with Crippen LogP contribution in [0.15, 0.2) is 21.3 Å². The van der Waals surface area contributed by atoms with E-state index in [9.17, 15) is 14.7 Å². The van der Waals surface area contributed by atoms with Crippen LogP contribution in [0.25, 0.3) is 0 Å². The van der Waals surface area contributed by atoms with Crippen molar-refractivity contribution in [2.75, 3.05) is 32.8 Å². The Labute approximate surface area is 123 Å². The summed E-state index contributed by atoms with van der Waals surface area (Å²) in [6.45, 7) is 4.95. The van der Waals surface area contributed by atoms with Gasteiger partial charge in [-0.3, -0.25) is 9.59 Å². The molecule has 1 unspecified atom stereocenters. The van der Waals surface area contributed by atoms with Crippen LogP contribution in [0.4, 0.5) is 0 Å². The number of nitrogens with zero attached hydrogens (tertiary/aromatic N) is 1. The molecule has 0 radical (unpaired) electrons. The summed E-state index contributed by atoms with van der Waals surface area (Å²) >= 11 is 0. The maximum absolute atomic E-state index is 11.9. The van der Waals surface area contributed by atoms with E-state index < -0.39 is 0 Å². The summed E-state index contributed by atoms with van der Waals surface area (Å²) in [7, 11) is 0. The topological polar surface area (TPSA) is 82.8 Å². The third-order valence-electron chi connectivity index (χ3n) is 3.69. The van der Waals surface area contributed by atoms with Gasteiger partial charge in [0, 0.05) is 38.4 Å². The van der Waals surface area contributed by atoms with E-state index in [0.29, 0.717) is 18.2 Å². The fraction of sp³-hybridized carbons (Fsp3) is 0.600. The number of nitrogens with one attached hydrogen (secondary N) is 1. The smallest absolute Gasteiger partial charge is 0.287 e. The predicted octanol–water partition coefficient (Wildman–Crippen LogP) is 0.382. The highest BCUT2D eigenvalue weighted by Gasteiger charge is 2.19. The van der Waals surface area contributed by atoms with Gasteiger partial charge in [0.15, 0.2) is 11.2 Å². The Morgan fingerprint density at radius 2 is 2.33 bits per heavy atom. The molecule has 0 aliphatic carbocycles. The first-order chi connectivity index (χ1) is 10.1. The first-order valence-electron chi connectivity index (χ1n) is 7.31. The number of aliphatic hydroxyl groups excluding tert-OH is 1. The zero-order valence-electron chi connectivity index (χ0n) is 12.3. The van der Waals surface area contributed by atoms with Crippen LogP contribution in [0.3, 0.4) is 0 Å². The number of piperidine rings is 1. The third-order valence-corrected chi connectivity index (χ3v) is 3.69. The molecule has 1 aliphatic heterocycles. The van der Waals surface area contributed by atoms with E-state index in [1.54, 1.807) is 6.92 Å². The molecule has 1 aliphatic rings. The van der Waals surface area contributed by atoms with Crippen molar-refractivity contribution in [3.8, 4) is 0 Å². The van der Waals surface area contributed by atoms with E-state index in [1.807, 2.05) is 0 Å². The highest BCUT2D eigenvalue weighted by Crippen LogP contribution is 2.14. The SMILES string of the molecule is Cc1cc(=O)cc(C(=O)NCCN2CCCC(CO)C2)o1. The molecule has 2 heterocycles. The van der Waals surface area contributed by atoms with Crippen molar-refractivity contribution >= 4 is 5.91 Å². The molecule has 1 amide bonds. The van der Waals surface area contributed by atoms with Gasteiger partial charge in [-0.1, -0.05) is 0 Å². The summed E-state index contributed by atoms with van der Waals surface area (Å²) in [4.78, 5) is 25.5. The van der Waals surface area contributed by atoms with Gasteiger partial charge in [-0.2, -0.15) is 0 Å². The Morgan fingerprint density at radius 1 is 1.52 bits per heavy atom. The molecule has 0 aromatic carbocycles. The van der Waals surface area contributed by atoms with Crippen LogP contribution >= 0.6 is 0 Å². The molecule has 0 bridgehead atoms. The summed E-state index contributed by atoms with van der Waals surface area (Å²) in [6.07, 6.45) is 2.14. The lowest BCUT2D eigenvalue weighted by molar-refractivity contribution is 0.0900. The lowest BCUT2D eigenvalue weighted by atomic mass is 9.99. The van der Waals surface area contributed by atoms with Gasteiger partial charge >= 0.3 is 0 Å². The van der Waals surface area contributed by atoms with Crippen LogP contribution in [-0.2, 0) is 0 Å². The van der Waals surface area contributed by atoms with Gasteiger partial charge in [0.25, 0.3) is 5.91 Å². The van der Waals surface area contributed by atoms with Crippen molar-refractivity contribution in [1.82, 2.24) is 10.2 Å². The average molecular weight is 294 g/mol. The number of amides is 1. The number of hydrogen-bond donors (Lipinski definition) is 2. The van der Waals surface area contributed by atoms with E-state index in [-0.39, 0.29) is 23.7 Å². The number of hydrogen-bond acceptors (Lipinski definition) is 5. The summed E-state index contributed by atoms with van der Waals surface area (Å²) in [5.41, 5.74) is -0.231. The molecular formula is C15H22N2O4. The van der Waals surface area contributed by atoms with Gasteiger partial charge in [0.1, 0.15) is 5.76 Å². The van der Waals surface area contributed by atoms with Crippen molar-refractivity contribution in [3.63, 3.8) is 0 Å². The molecule has 1 atom stereocenters. The Hall–Kier alpha value is -1.66. The molecule has 2 rings (SSSR count). The van der Waals surface area contributed by atoms with Crippen LogP contribution < -0.4 is 10.7 Å². The molecular weight excluding hydrogens is 272 g/mol. The van der Waals surface area contributed by atoms with E-state index >= 15 is 0 Å². The van der Waals surface area contributed by atoms with E-state index in [2.05, 4.69) is 10.2 Å². The Bertz CT molecular complexity index is 541. The molecule has 6 heteroatoms. The van der Waals surface area contributed by atoms with Crippen LogP contribution in [0.5, 0.6) is 0 Å². The second-order valence-electron chi connectivity index (χ2n) is 5.52. The molecule has 21 heavy (non-hydrogen) atoms. The van der Waals surface area contributed by atoms with Crippen molar-refractivity contribution in [1.29, 1.82) is 0 Å². The fourth-order valence-corrected chi connectivity index (χ4v) is 2.63. The zero-order chi connectivity index (χ0) is 15.2. The van der Waals surface area contributed by atoms with Crippen molar-refractivity contribution < 1.29 is 14.3 Å². The highest BCUT2D eigenvalue weighted by atomic mass is 16.3. The van der Waals surface area contributed by atoms with Crippen molar-refractivity contribution in [2.24, 2.45) is 5.92 Å². The summed E-state index contributed by atoms with van der Waals surface area (Å²) < 4.78 is 5.24. The first-order valence-corrected chi connectivity index (χ1v) is 7.31. The molecule has 1 aromatic rings. The molecule has 1 fully saturated rings. The molecule has 0 saturated carbocycles. The fourth-order valence-electron chi connectivity index (χ4n) is 2.63. The standard InChI is InChI=1S/C15H22N2O4/c1-11-7-13(19)8-14(21-11)15(20)16-4-6-17-5-2-3-12(9-17)10-18/h7-8,12,18H,2-6,9-10H2,1H3,(H,16,20). The number of carbonyl (C=O) groups excluding carboxylic acids is 1. The summed E-state index contributed by atoms with van der Waals surface area (Å²) in [5.74, 6) is 0.442. The predicted molar refractivity (Wildman–Crippen MR) is 78.3 cm³/mol. The maximum Gasteiger partial charge on any atom is 0.287 e. The number of aryl methyl sites for hydroxylation is 1. The van der Waals surface area contributed by atoms with Crippen molar-refractivity contribution in [3.05, 3.63) is 33.9 Å². The number of carbonyl (C=O) groups is 1. The minimum absolute atomic E-state index is 0.0480. The van der Waals surface area contributed by atoms with Gasteiger partial charge in [-0.05, 0) is 32.2 Å². The molecule has 1 aromatic heterocycles. The van der Waals surface area contributed by atoms with Crippen LogP contribution in [0, 0.1) is 12.8 Å².